The molecule has 8 nitrogen and oxygen atoms in total. The van der Waals surface area contributed by atoms with E-state index in [1.807, 2.05) is 55.5 Å². The Morgan fingerprint density at radius 3 is 2.71 bits per heavy atom. The Morgan fingerprint density at radius 1 is 1.16 bits per heavy atom. The SMILES string of the molecule is Cc1ccc(OCc2c(C(=O)Nc3ncn(Cc4ccccc4Cl)n3)noc2C)cc1. The molecule has 2 aromatic carbocycles. The van der Waals surface area contributed by atoms with Crippen LogP contribution in [0.3, 0.4) is 0 Å². The van der Waals surface area contributed by atoms with Crippen molar-refractivity contribution in [2.75, 3.05) is 5.32 Å². The van der Waals surface area contributed by atoms with Gasteiger partial charge in [-0.25, -0.2) is 9.67 Å². The van der Waals surface area contributed by atoms with E-state index in [2.05, 4.69) is 20.6 Å². The van der Waals surface area contributed by atoms with Gasteiger partial charge in [0.15, 0.2) is 5.69 Å². The summed E-state index contributed by atoms with van der Waals surface area (Å²) in [6.07, 6.45) is 1.52. The van der Waals surface area contributed by atoms with Gasteiger partial charge < -0.3 is 9.26 Å². The monoisotopic (exact) mass is 437 g/mol. The zero-order chi connectivity index (χ0) is 21.8. The molecule has 31 heavy (non-hydrogen) atoms. The molecule has 0 unspecified atom stereocenters. The predicted molar refractivity (Wildman–Crippen MR) is 115 cm³/mol. The maximum absolute atomic E-state index is 12.7. The molecule has 0 aliphatic heterocycles. The van der Waals surface area contributed by atoms with E-state index in [0.717, 1.165) is 11.1 Å². The first-order chi connectivity index (χ1) is 15.0. The van der Waals surface area contributed by atoms with Crippen molar-refractivity contribution in [3.63, 3.8) is 0 Å². The lowest BCUT2D eigenvalue weighted by atomic mass is 10.2. The number of nitrogens with zero attached hydrogens (tertiary/aromatic N) is 4. The number of anilines is 1. The normalized spacial score (nSPS) is 10.8. The van der Waals surface area contributed by atoms with Crippen LogP contribution in [0.25, 0.3) is 0 Å². The van der Waals surface area contributed by atoms with Crippen LogP contribution >= 0.6 is 11.6 Å². The molecule has 9 heteroatoms. The van der Waals surface area contributed by atoms with Crippen molar-refractivity contribution in [2.24, 2.45) is 0 Å². The highest BCUT2D eigenvalue weighted by atomic mass is 35.5. The molecule has 0 aliphatic rings. The number of rotatable bonds is 7. The second-order valence-corrected chi connectivity index (χ2v) is 7.39. The summed E-state index contributed by atoms with van der Waals surface area (Å²) in [6, 6.07) is 15.1. The molecule has 0 saturated heterocycles. The second-order valence-electron chi connectivity index (χ2n) is 6.98. The van der Waals surface area contributed by atoms with Gasteiger partial charge in [0.25, 0.3) is 5.91 Å². The summed E-state index contributed by atoms with van der Waals surface area (Å²) in [4.78, 5) is 16.9. The van der Waals surface area contributed by atoms with Crippen molar-refractivity contribution in [3.05, 3.63) is 88.0 Å². The summed E-state index contributed by atoms with van der Waals surface area (Å²) in [5.41, 5.74) is 2.73. The van der Waals surface area contributed by atoms with Crippen LogP contribution in [0.2, 0.25) is 5.02 Å². The van der Waals surface area contributed by atoms with Gasteiger partial charge in [0, 0.05) is 5.02 Å². The van der Waals surface area contributed by atoms with E-state index >= 15 is 0 Å². The van der Waals surface area contributed by atoms with Crippen molar-refractivity contribution < 1.29 is 14.1 Å². The number of ether oxygens (including phenoxy) is 1. The van der Waals surface area contributed by atoms with Crippen molar-refractivity contribution >= 4 is 23.5 Å². The Bertz CT molecular complexity index is 1200. The average Bonchev–Trinajstić information content (AvgIpc) is 3.35. The fourth-order valence-electron chi connectivity index (χ4n) is 2.92. The number of amides is 1. The van der Waals surface area contributed by atoms with Crippen LogP contribution in [0, 0.1) is 13.8 Å². The number of nitrogens with one attached hydrogen (secondary N) is 1. The predicted octanol–water partition coefficient (Wildman–Crippen LogP) is 4.42. The van der Waals surface area contributed by atoms with Crippen molar-refractivity contribution in [3.8, 4) is 5.75 Å². The largest absolute Gasteiger partial charge is 0.489 e. The van der Waals surface area contributed by atoms with E-state index in [1.165, 1.54) is 6.33 Å². The minimum Gasteiger partial charge on any atom is -0.489 e. The summed E-state index contributed by atoms with van der Waals surface area (Å²) < 4.78 is 12.6. The van der Waals surface area contributed by atoms with Gasteiger partial charge in [-0.3, -0.25) is 10.1 Å². The van der Waals surface area contributed by atoms with Gasteiger partial charge in [0.05, 0.1) is 12.1 Å². The molecule has 0 bridgehead atoms. The average molecular weight is 438 g/mol. The van der Waals surface area contributed by atoms with Crippen molar-refractivity contribution in [1.82, 2.24) is 19.9 Å². The lowest BCUT2D eigenvalue weighted by Crippen LogP contribution is -2.16. The van der Waals surface area contributed by atoms with Crippen LogP contribution in [-0.4, -0.2) is 25.8 Å². The molecule has 0 aliphatic carbocycles. The number of aromatic nitrogens is 4. The van der Waals surface area contributed by atoms with E-state index < -0.39 is 5.91 Å². The third kappa shape index (κ3) is 4.92. The van der Waals surface area contributed by atoms with Gasteiger partial charge in [-0.15, -0.1) is 5.10 Å². The molecule has 158 valence electrons. The highest BCUT2D eigenvalue weighted by molar-refractivity contribution is 6.31. The molecule has 4 rings (SSSR count). The number of hydrogen-bond acceptors (Lipinski definition) is 6. The molecule has 0 radical (unpaired) electrons. The third-order valence-corrected chi connectivity index (χ3v) is 5.02. The number of carbonyl (C=O) groups excluding carboxylic acids is 1. The minimum atomic E-state index is -0.477. The molecule has 2 aromatic heterocycles. The van der Waals surface area contributed by atoms with Crippen LogP contribution in [0.1, 0.15) is 32.9 Å². The van der Waals surface area contributed by atoms with Crippen LogP contribution in [0.15, 0.2) is 59.4 Å². The fourth-order valence-corrected chi connectivity index (χ4v) is 3.12. The highest BCUT2D eigenvalue weighted by Gasteiger charge is 2.21. The summed E-state index contributed by atoms with van der Waals surface area (Å²) in [6.45, 7) is 4.31. The maximum Gasteiger partial charge on any atom is 0.280 e. The van der Waals surface area contributed by atoms with Gasteiger partial charge in [0.2, 0.25) is 5.95 Å². The first-order valence-electron chi connectivity index (χ1n) is 9.58. The van der Waals surface area contributed by atoms with Gasteiger partial charge >= 0.3 is 0 Å². The van der Waals surface area contributed by atoms with Gasteiger partial charge in [-0.1, -0.05) is 52.7 Å². The van der Waals surface area contributed by atoms with Gasteiger partial charge in [0.1, 0.15) is 24.4 Å². The molecule has 0 saturated carbocycles. The minimum absolute atomic E-state index is 0.132. The molecule has 1 N–H and O–H groups in total. The first kappa shape index (κ1) is 20.6. The number of benzene rings is 2. The quantitative estimate of drug-likeness (QED) is 0.460. The molecule has 0 spiro atoms. The van der Waals surface area contributed by atoms with Crippen molar-refractivity contribution in [2.45, 2.75) is 27.0 Å². The van der Waals surface area contributed by atoms with Crippen LogP contribution in [-0.2, 0) is 13.2 Å². The van der Waals surface area contributed by atoms with E-state index in [0.29, 0.717) is 28.6 Å². The Hall–Kier alpha value is -3.65. The number of aryl methyl sites for hydroxylation is 2. The number of hydrogen-bond donors (Lipinski definition) is 1. The van der Waals surface area contributed by atoms with E-state index in [9.17, 15) is 4.79 Å². The number of halogens is 1. The van der Waals surface area contributed by atoms with E-state index in [1.54, 1.807) is 11.6 Å². The smallest absolute Gasteiger partial charge is 0.280 e. The Kier molecular flexibility index (Phi) is 5.99. The molecular formula is C22H20ClN5O3. The summed E-state index contributed by atoms with van der Waals surface area (Å²) >= 11 is 6.18. The molecule has 0 atom stereocenters. The molecular weight excluding hydrogens is 418 g/mol. The molecule has 2 heterocycles. The second kappa shape index (κ2) is 9.01. The molecule has 0 fully saturated rings. The topological polar surface area (TPSA) is 95.1 Å². The summed E-state index contributed by atoms with van der Waals surface area (Å²) in [7, 11) is 0. The Labute approximate surface area is 183 Å². The first-order valence-corrected chi connectivity index (χ1v) is 9.96. The molecule has 4 aromatic rings. The van der Waals surface area contributed by atoms with E-state index in [4.69, 9.17) is 20.9 Å². The molecule has 1 amide bonds. The zero-order valence-corrected chi connectivity index (χ0v) is 17.8. The van der Waals surface area contributed by atoms with Crippen molar-refractivity contribution in [1.29, 1.82) is 0 Å². The van der Waals surface area contributed by atoms with Crippen LogP contribution in [0.4, 0.5) is 5.95 Å². The highest BCUT2D eigenvalue weighted by Crippen LogP contribution is 2.20. The lowest BCUT2D eigenvalue weighted by molar-refractivity contribution is 0.101. The zero-order valence-electron chi connectivity index (χ0n) is 17.0. The van der Waals surface area contributed by atoms with Gasteiger partial charge in [-0.05, 0) is 37.6 Å². The Morgan fingerprint density at radius 2 is 1.94 bits per heavy atom. The van der Waals surface area contributed by atoms with Crippen LogP contribution < -0.4 is 10.1 Å². The third-order valence-electron chi connectivity index (χ3n) is 4.66. The standard InChI is InChI=1S/C22H20ClN5O3/c1-14-7-9-17(10-8-14)30-12-18-15(2)31-27-20(18)21(29)25-22-24-13-28(26-22)11-16-5-3-4-6-19(16)23/h3-10,13H,11-12H2,1-2H3,(H,25,26,29). The lowest BCUT2D eigenvalue weighted by Gasteiger charge is -2.07. The summed E-state index contributed by atoms with van der Waals surface area (Å²) in [5.74, 6) is 0.880. The van der Waals surface area contributed by atoms with Gasteiger partial charge in [-0.2, -0.15) is 0 Å². The summed E-state index contributed by atoms with van der Waals surface area (Å²) in [5, 5.41) is 11.4. The van der Waals surface area contributed by atoms with Crippen LogP contribution in [0.5, 0.6) is 5.75 Å². The van der Waals surface area contributed by atoms with E-state index in [-0.39, 0.29) is 18.2 Å². The fraction of sp³-hybridized carbons (Fsp3) is 0.182. The maximum atomic E-state index is 12.7. The number of carbonyl (C=O) groups is 1. The Balaban J connectivity index is 1.43.